The first-order valence-electron chi connectivity index (χ1n) is 9.00. The lowest BCUT2D eigenvalue weighted by Gasteiger charge is -2.15. The van der Waals surface area contributed by atoms with Crippen LogP contribution in [0.5, 0.6) is 0 Å². The average molecular weight is 355 g/mol. The van der Waals surface area contributed by atoms with Gasteiger partial charge in [-0.25, -0.2) is 0 Å². The lowest BCUT2D eigenvalue weighted by atomic mass is 10.1. The summed E-state index contributed by atoms with van der Waals surface area (Å²) in [5.74, 6) is 0.0787. The molecule has 1 N–H and O–H groups in total. The molecular formula is C21H26N2OS. The van der Waals surface area contributed by atoms with Crippen molar-refractivity contribution >= 4 is 17.7 Å². The number of hydrogen-bond donors (Lipinski definition) is 1. The molecule has 25 heavy (non-hydrogen) atoms. The number of likely N-dealkylation sites (tertiary alicyclic amines) is 1. The molecule has 3 nitrogen and oxygen atoms in total. The predicted molar refractivity (Wildman–Crippen MR) is 105 cm³/mol. The smallest absolute Gasteiger partial charge is 0.233 e. The summed E-state index contributed by atoms with van der Waals surface area (Å²) in [6.45, 7) is 6.01. The van der Waals surface area contributed by atoms with Crippen molar-refractivity contribution in [3.8, 4) is 0 Å². The van der Waals surface area contributed by atoms with Crippen LogP contribution < -0.4 is 5.32 Å². The monoisotopic (exact) mass is 354 g/mol. The Morgan fingerprint density at radius 3 is 2.36 bits per heavy atom. The Bertz CT molecular complexity index is 666. The Morgan fingerprint density at radius 2 is 1.68 bits per heavy atom. The van der Waals surface area contributed by atoms with E-state index in [0.717, 1.165) is 17.0 Å². The quantitative estimate of drug-likeness (QED) is 0.761. The van der Waals surface area contributed by atoms with Crippen LogP contribution in [0.1, 0.15) is 30.9 Å². The van der Waals surface area contributed by atoms with Crippen LogP contribution in [0.4, 0.5) is 0 Å². The summed E-state index contributed by atoms with van der Waals surface area (Å²) in [6, 6.07) is 18.7. The van der Waals surface area contributed by atoms with Crippen LogP contribution in [0.3, 0.4) is 0 Å². The van der Waals surface area contributed by atoms with E-state index in [9.17, 15) is 4.79 Å². The third-order valence-corrected chi connectivity index (χ3v) is 5.63. The Labute approximate surface area is 154 Å². The predicted octanol–water partition coefficient (Wildman–Crippen LogP) is 4.08. The molecule has 0 unspecified atom stereocenters. The number of nitrogens with zero attached hydrogens (tertiary/aromatic N) is 1. The molecule has 0 aliphatic carbocycles. The number of benzene rings is 2. The van der Waals surface area contributed by atoms with Gasteiger partial charge in [0.15, 0.2) is 0 Å². The van der Waals surface area contributed by atoms with E-state index in [2.05, 4.69) is 34.5 Å². The molecule has 1 fully saturated rings. The molecule has 3 rings (SSSR count). The summed E-state index contributed by atoms with van der Waals surface area (Å²) in [6.07, 6.45) is 2.65. The van der Waals surface area contributed by atoms with E-state index in [1.165, 1.54) is 31.5 Å². The summed E-state index contributed by atoms with van der Waals surface area (Å²) in [5.41, 5.74) is 2.50. The molecule has 1 aliphatic heterocycles. The van der Waals surface area contributed by atoms with Gasteiger partial charge in [-0.05, 0) is 56.1 Å². The van der Waals surface area contributed by atoms with Crippen LogP contribution in [0.25, 0.3) is 0 Å². The molecule has 0 aromatic heterocycles. The van der Waals surface area contributed by atoms with Crippen molar-refractivity contribution in [2.24, 2.45) is 0 Å². The maximum absolute atomic E-state index is 12.3. The normalized spacial score (nSPS) is 15.9. The molecule has 132 valence electrons. The van der Waals surface area contributed by atoms with Gasteiger partial charge in [0, 0.05) is 18.0 Å². The van der Waals surface area contributed by atoms with Gasteiger partial charge in [-0.1, -0.05) is 42.5 Å². The van der Waals surface area contributed by atoms with Gasteiger partial charge in [-0.15, -0.1) is 11.8 Å². The van der Waals surface area contributed by atoms with E-state index in [4.69, 9.17) is 0 Å². The molecule has 1 heterocycles. The fourth-order valence-electron chi connectivity index (χ4n) is 3.05. The van der Waals surface area contributed by atoms with Crippen molar-refractivity contribution in [1.29, 1.82) is 0 Å². The number of carbonyl (C=O) groups is 1. The molecule has 2 aromatic rings. The third-order valence-electron chi connectivity index (χ3n) is 4.52. The molecule has 1 aliphatic rings. The van der Waals surface area contributed by atoms with Crippen molar-refractivity contribution in [2.75, 3.05) is 13.1 Å². The van der Waals surface area contributed by atoms with Crippen molar-refractivity contribution in [3.63, 3.8) is 0 Å². The fraction of sp³-hybridized carbons (Fsp3) is 0.381. The molecule has 2 aromatic carbocycles. The van der Waals surface area contributed by atoms with Crippen LogP contribution in [0, 0.1) is 0 Å². The van der Waals surface area contributed by atoms with E-state index in [1.54, 1.807) is 11.8 Å². The second kappa shape index (κ2) is 9.07. The van der Waals surface area contributed by atoms with Crippen molar-refractivity contribution in [1.82, 2.24) is 10.2 Å². The van der Waals surface area contributed by atoms with Gasteiger partial charge in [-0.3, -0.25) is 9.69 Å². The van der Waals surface area contributed by atoms with E-state index < -0.39 is 0 Å². The van der Waals surface area contributed by atoms with Crippen LogP contribution in [0.15, 0.2) is 59.5 Å². The molecule has 0 saturated carbocycles. The molecule has 4 heteroatoms. The molecule has 0 spiro atoms. The first-order valence-corrected chi connectivity index (χ1v) is 9.88. The standard InChI is InChI=1S/C21H26N2OS/c1-17(25-20-7-3-2-4-8-20)21(24)22-15-18-9-11-19(12-10-18)16-23-13-5-6-14-23/h2-4,7-12,17H,5-6,13-16H2,1H3,(H,22,24)/t17-/m1/s1. The Hall–Kier alpha value is -1.78. The van der Waals surface area contributed by atoms with Gasteiger partial charge in [0.1, 0.15) is 0 Å². The van der Waals surface area contributed by atoms with Gasteiger partial charge >= 0.3 is 0 Å². The zero-order valence-electron chi connectivity index (χ0n) is 14.8. The van der Waals surface area contributed by atoms with Crippen molar-refractivity contribution in [2.45, 2.75) is 43.0 Å². The van der Waals surface area contributed by atoms with Crippen LogP contribution in [-0.2, 0) is 17.9 Å². The first-order chi connectivity index (χ1) is 12.2. The minimum Gasteiger partial charge on any atom is -0.351 e. The Morgan fingerprint density at radius 1 is 1.04 bits per heavy atom. The minimum atomic E-state index is -0.100. The second-order valence-corrected chi connectivity index (χ2v) is 8.00. The molecule has 1 saturated heterocycles. The lowest BCUT2D eigenvalue weighted by Crippen LogP contribution is -2.30. The number of amides is 1. The van der Waals surface area contributed by atoms with Crippen LogP contribution in [0.2, 0.25) is 0 Å². The number of rotatable bonds is 7. The van der Waals surface area contributed by atoms with Crippen molar-refractivity contribution < 1.29 is 4.79 Å². The third kappa shape index (κ3) is 5.62. The van der Waals surface area contributed by atoms with Gasteiger partial charge < -0.3 is 5.32 Å². The first kappa shape index (κ1) is 18.0. The number of hydrogen-bond acceptors (Lipinski definition) is 3. The minimum absolute atomic E-state index is 0.0787. The summed E-state index contributed by atoms with van der Waals surface area (Å²) in [7, 11) is 0. The fourth-order valence-corrected chi connectivity index (χ4v) is 3.96. The summed E-state index contributed by atoms with van der Waals surface area (Å²) in [5, 5.41) is 2.94. The second-order valence-electron chi connectivity index (χ2n) is 6.59. The SMILES string of the molecule is C[C@@H](Sc1ccccc1)C(=O)NCc1ccc(CN2CCCC2)cc1. The van der Waals surface area contributed by atoms with E-state index in [1.807, 2.05) is 37.3 Å². The van der Waals surface area contributed by atoms with Crippen molar-refractivity contribution in [3.05, 3.63) is 65.7 Å². The van der Waals surface area contributed by atoms with E-state index in [0.29, 0.717) is 6.54 Å². The highest BCUT2D eigenvalue weighted by molar-refractivity contribution is 8.00. The zero-order chi connectivity index (χ0) is 17.5. The number of thioether (sulfide) groups is 1. The van der Waals surface area contributed by atoms with Gasteiger partial charge in [0.05, 0.1) is 5.25 Å². The summed E-state index contributed by atoms with van der Waals surface area (Å²) < 4.78 is 0. The zero-order valence-corrected chi connectivity index (χ0v) is 15.6. The van der Waals surface area contributed by atoms with Gasteiger partial charge in [0.2, 0.25) is 5.91 Å². The van der Waals surface area contributed by atoms with E-state index in [-0.39, 0.29) is 11.2 Å². The summed E-state index contributed by atoms with van der Waals surface area (Å²) in [4.78, 5) is 15.9. The Kier molecular flexibility index (Phi) is 6.54. The molecule has 0 radical (unpaired) electrons. The highest BCUT2D eigenvalue weighted by Crippen LogP contribution is 2.22. The van der Waals surface area contributed by atoms with Crippen LogP contribution in [-0.4, -0.2) is 29.1 Å². The van der Waals surface area contributed by atoms with Crippen LogP contribution >= 0.6 is 11.8 Å². The maximum Gasteiger partial charge on any atom is 0.233 e. The van der Waals surface area contributed by atoms with E-state index >= 15 is 0 Å². The summed E-state index contributed by atoms with van der Waals surface area (Å²) >= 11 is 1.59. The maximum atomic E-state index is 12.3. The molecule has 1 amide bonds. The number of carbonyl (C=O) groups excluding carboxylic acids is 1. The molecule has 0 bridgehead atoms. The largest absolute Gasteiger partial charge is 0.351 e. The molecule has 1 atom stereocenters. The topological polar surface area (TPSA) is 32.3 Å². The van der Waals surface area contributed by atoms with Gasteiger partial charge in [0.25, 0.3) is 0 Å². The lowest BCUT2D eigenvalue weighted by molar-refractivity contribution is -0.120. The highest BCUT2D eigenvalue weighted by atomic mass is 32.2. The highest BCUT2D eigenvalue weighted by Gasteiger charge is 2.14. The number of nitrogens with one attached hydrogen (secondary N) is 1. The average Bonchev–Trinajstić information content (AvgIpc) is 3.14. The van der Waals surface area contributed by atoms with Gasteiger partial charge in [-0.2, -0.15) is 0 Å². The molecular weight excluding hydrogens is 328 g/mol. The Balaban J connectivity index is 1.45.